The average Bonchev–Trinajstić information content (AvgIpc) is 3.41. The molecule has 2 heterocycles. The van der Waals surface area contributed by atoms with Gasteiger partial charge in [-0.2, -0.15) is 5.10 Å². The maximum Gasteiger partial charge on any atom is 0.273 e. The molecule has 178 valence electrons. The molecule has 0 aliphatic carbocycles. The second-order valence-electron chi connectivity index (χ2n) is 8.96. The summed E-state index contributed by atoms with van der Waals surface area (Å²) >= 11 is 6.12. The molecule has 1 aromatic heterocycles. The number of aryl methyl sites for hydroxylation is 1. The zero-order valence-corrected chi connectivity index (χ0v) is 20.7. The lowest BCUT2D eigenvalue weighted by Crippen LogP contribution is -2.29. The molecule has 0 radical (unpaired) electrons. The van der Waals surface area contributed by atoms with Crippen LogP contribution in [-0.4, -0.2) is 27.6 Å². The van der Waals surface area contributed by atoms with Gasteiger partial charge in [0.25, 0.3) is 5.91 Å². The minimum absolute atomic E-state index is 0.0541. The Labute approximate surface area is 210 Å². The predicted molar refractivity (Wildman–Crippen MR) is 139 cm³/mol. The molecule has 0 bridgehead atoms. The third-order valence-electron chi connectivity index (χ3n) is 6.42. The van der Waals surface area contributed by atoms with E-state index in [0.29, 0.717) is 23.9 Å². The quantitative estimate of drug-likeness (QED) is 0.274. The molecule has 1 N–H and O–H groups in total. The summed E-state index contributed by atoms with van der Waals surface area (Å²) in [7, 11) is 0. The molecular weight excluding hydrogens is 458 g/mol. The Balaban J connectivity index is 1.55. The van der Waals surface area contributed by atoms with Crippen LogP contribution >= 0.6 is 11.6 Å². The van der Waals surface area contributed by atoms with Gasteiger partial charge in [-0.25, -0.2) is 0 Å². The van der Waals surface area contributed by atoms with Crippen molar-refractivity contribution in [2.75, 3.05) is 6.61 Å². The molecule has 1 aliphatic heterocycles. The first-order valence-electron chi connectivity index (χ1n) is 12.0. The lowest BCUT2D eigenvalue weighted by Gasteiger charge is -2.27. The van der Waals surface area contributed by atoms with Crippen LogP contribution in [0.5, 0.6) is 5.75 Å². The van der Waals surface area contributed by atoms with Crippen molar-refractivity contribution in [1.82, 2.24) is 15.1 Å². The Hall–Kier alpha value is -3.57. The number of hydrogen-bond acceptors (Lipinski definition) is 3. The number of nitrogens with one attached hydrogen (secondary N) is 1. The molecule has 4 aromatic rings. The van der Waals surface area contributed by atoms with Crippen LogP contribution in [0.2, 0.25) is 5.02 Å². The number of aromatic nitrogens is 2. The molecule has 6 heteroatoms. The van der Waals surface area contributed by atoms with E-state index in [1.807, 2.05) is 41.3 Å². The zero-order valence-electron chi connectivity index (χ0n) is 19.9. The van der Waals surface area contributed by atoms with Gasteiger partial charge in [-0.1, -0.05) is 79.0 Å². The lowest BCUT2D eigenvalue weighted by molar-refractivity contribution is 0.0730. The Morgan fingerprint density at radius 3 is 2.40 bits per heavy atom. The minimum Gasteiger partial charge on any atom is -0.494 e. The number of carbonyl (C=O) groups excluding carboxylic acids is 1. The summed E-state index contributed by atoms with van der Waals surface area (Å²) in [6, 6.07) is 23.7. The van der Waals surface area contributed by atoms with Gasteiger partial charge in [0.05, 0.1) is 18.3 Å². The van der Waals surface area contributed by atoms with E-state index >= 15 is 0 Å². The fourth-order valence-electron chi connectivity index (χ4n) is 4.50. The number of rotatable bonds is 8. The van der Waals surface area contributed by atoms with E-state index in [-0.39, 0.29) is 11.9 Å². The molecule has 35 heavy (non-hydrogen) atoms. The molecule has 0 fully saturated rings. The largest absolute Gasteiger partial charge is 0.494 e. The molecule has 1 aliphatic rings. The van der Waals surface area contributed by atoms with Crippen molar-refractivity contribution in [3.63, 3.8) is 0 Å². The van der Waals surface area contributed by atoms with Crippen LogP contribution < -0.4 is 4.74 Å². The number of halogens is 1. The second-order valence-corrected chi connectivity index (χ2v) is 9.40. The molecule has 5 nitrogen and oxygen atoms in total. The van der Waals surface area contributed by atoms with Gasteiger partial charge in [0.1, 0.15) is 11.4 Å². The number of aromatic amines is 1. The zero-order chi connectivity index (χ0) is 24.4. The van der Waals surface area contributed by atoms with Crippen molar-refractivity contribution in [2.45, 2.75) is 39.3 Å². The molecule has 5 rings (SSSR count). The number of carbonyl (C=O) groups is 1. The summed E-state index contributed by atoms with van der Waals surface area (Å²) in [5.74, 6) is 0.781. The van der Waals surface area contributed by atoms with Gasteiger partial charge in [-0.15, -0.1) is 0 Å². The van der Waals surface area contributed by atoms with Gasteiger partial charge >= 0.3 is 0 Å². The van der Waals surface area contributed by atoms with Gasteiger partial charge in [0.2, 0.25) is 0 Å². The number of fused-ring (bicyclic) bond motifs is 1. The lowest BCUT2D eigenvalue weighted by atomic mass is 9.96. The normalized spacial score (nSPS) is 14.9. The number of unbranched alkanes of at least 4 members (excludes halogenated alkanes) is 1. The number of hydrogen-bond donors (Lipinski definition) is 1. The van der Waals surface area contributed by atoms with Crippen molar-refractivity contribution >= 4 is 17.5 Å². The highest BCUT2D eigenvalue weighted by Gasteiger charge is 2.42. The Kier molecular flexibility index (Phi) is 6.60. The van der Waals surface area contributed by atoms with Crippen LogP contribution in [0.25, 0.3) is 11.3 Å². The first-order chi connectivity index (χ1) is 17.0. The van der Waals surface area contributed by atoms with Gasteiger partial charge in [0, 0.05) is 22.7 Å². The highest BCUT2D eigenvalue weighted by Crippen LogP contribution is 2.43. The summed E-state index contributed by atoms with van der Waals surface area (Å²) in [6.07, 6.45) is 2.11. The molecule has 3 aromatic carbocycles. The molecule has 0 spiro atoms. The van der Waals surface area contributed by atoms with E-state index in [1.54, 1.807) is 0 Å². The van der Waals surface area contributed by atoms with Crippen molar-refractivity contribution in [1.29, 1.82) is 0 Å². The van der Waals surface area contributed by atoms with Gasteiger partial charge in [0.15, 0.2) is 0 Å². The summed E-state index contributed by atoms with van der Waals surface area (Å²) in [5.41, 5.74) is 6.41. The number of nitrogens with zero attached hydrogens (tertiary/aromatic N) is 2. The topological polar surface area (TPSA) is 58.2 Å². The van der Waals surface area contributed by atoms with E-state index in [4.69, 9.17) is 16.3 Å². The van der Waals surface area contributed by atoms with E-state index in [2.05, 4.69) is 60.4 Å². The fraction of sp³-hybridized carbons (Fsp3) is 0.241. The highest BCUT2D eigenvalue weighted by atomic mass is 35.5. The highest BCUT2D eigenvalue weighted by molar-refractivity contribution is 6.30. The average molecular weight is 486 g/mol. The van der Waals surface area contributed by atoms with Crippen LogP contribution in [0.1, 0.15) is 58.5 Å². The third kappa shape index (κ3) is 4.69. The fourth-order valence-corrected chi connectivity index (χ4v) is 4.63. The smallest absolute Gasteiger partial charge is 0.273 e. The van der Waals surface area contributed by atoms with E-state index in [9.17, 15) is 4.79 Å². The minimum atomic E-state index is -0.270. The van der Waals surface area contributed by atoms with Crippen LogP contribution in [0.15, 0.2) is 72.8 Å². The molecule has 0 saturated carbocycles. The maximum absolute atomic E-state index is 13.6. The Bertz CT molecular complexity index is 1310. The first-order valence-corrected chi connectivity index (χ1v) is 12.4. The summed E-state index contributed by atoms with van der Waals surface area (Å²) in [4.78, 5) is 15.5. The molecule has 1 unspecified atom stereocenters. The number of benzene rings is 3. The maximum atomic E-state index is 13.6. The Morgan fingerprint density at radius 2 is 1.71 bits per heavy atom. The van der Waals surface area contributed by atoms with Crippen molar-refractivity contribution in [3.8, 4) is 17.0 Å². The summed E-state index contributed by atoms with van der Waals surface area (Å²) < 4.78 is 5.87. The number of amides is 1. The van der Waals surface area contributed by atoms with Gasteiger partial charge in [-0.05, 0) is 48.7 Å². The van der Waals surface area contributed by atoms with Crippen LogP contribution in [0.3, 0.4) is 0 Å². The Morgan fingerprint density at radius 1 is 1.00 bits per heavy atom. The molecule has 0 saturated heterocycles. The third-order valence-corrected chi connectivity index (χ3v) is 6.67. The molecule has 1 amide bonds. The van der Waals surface area contributed by atoms with Crippen molar-refractivity contribution in [2.24, 2.45) is 0 Å². The van der Waals surface area contributed by atoms with Crippen molar-refractivity contribution < 1.29 is 9.53 Å². The SMILES string of the molecule is CCCCOc1ccc(C2c3c(-c4ccc(Cl)cc4)n[nH]c3C(=O)N2Cc2ccc(C)cc2)cc1. The van der Waals surface area contributed by atoms with E-state index < -0.39 is 0 Å². The summed E-state index contributed by atoms with van der Waals surface area (Å²) in [5, 5.41) is 8.23. The van der Waals surface area contributed by atoms with E-state index in [0.717, 1.165) is 46.5 Å². The van der Waals surface area contributed by atoms with Crippen LogP contribution in [0, 0.1) is 6.92 Å². The first kappa shape index (κ1) is 23.2. The van der Waals surface area contributed by atoms with E-state index in [1.165, 1.54) is 5.56 Å². The van der Waals surface area contributed by atoms with Crippen LogP contribution in [0.4, 0.5) is 0 Å². The van der Waals surface area contributed by atoms with Crippen LogP contribution in [-0.2, 0) is 6.54 Å². The molecular formula is C29H28ClN3O2. The summed E-state index contributed by atoms with van der Waals surface area (Å²) in [6.45, 7) is 5.41. The van der Waals surface area contributed by atoms with Crippen molar-refractivity contribution in [3.05, 3.63) is 106 Å². The number of H-pyrrole nitrogens is 1. The predicted octanol–water partition coefficient (Wildman–Crippen LogP) is 6.96. The standard InChI is InChI=1S/C29H28ClN3O2/c1-3-4-17-35-24-15-11-22(12-16-24)28-25-26(21-9-13-23(30)14-10-21)31-32-27(25)29(34)33(28)18-20-7-5-19(2)6-8-20/h5-16,28H,3-4,17-18H2,1-2H3,(H,31,32). The van der Waals surface area contributed by atoms with Gasteiger partial charge in [-0.3, -0.25) is 9.89 Å². The number of ether oxygens (including phenoxy) is 1. The molecule has 1 atom stereocenters. The van der Waals surface area contributed by atoms with Gasteiger partial charge < -0.3 is 9.64 Å². The monoisotopic (exact) mass is 485 g/mol. The second kappa shape index (κ2) is 9.96.